The summed E-state index contributed by atoms with van der Waals surface area (Å²) in [6.45, 7) is 4.33. The number of aromatic amines is 1. The first-order valence-corrected chi connectivity index (χ1v) is 12.8. The number of pyridine rings is 1. The van der Waals surface area contributed by atoms with E-state index in [2.05, 4.69) is 15.2 Å². The quantitative estimate of drug-likeness (QED) is 0.209. The van der Waals surface area contributed by atoms with E-state index in [-0.39, 0.29) is 25.1 Å². The van der Waals surface area contributed by atoms with Gasteiger partial charge in [0.1, 0.15) is 29.9 Å². The van der Waals surface area contributed by atoms with Gasteiger partial charge in [-0.1, -0.05) is 37.3 Å². The fourth-order valence-electron chi connectivity index (χ4n) is 4.18. The van der Waals surface area contributed by atoms with Crippen molar-refractivity contribution in [2.75, 3.05) is 6.61 Å². The first-order chi connectivity index (χ1) is 19.0. The number of carbonyl (C=O) groups is 2. The SMILES string of the molecule is CCOC(=O)c1cc(-c2ccc(OCc3cccnc3)cc2OC(CCC(=O)O)c2ccccc2CC)n[nH]1. The molecule has 1 unspecified atom stereocenters. The third-order valence-corrected chi connectivity index (χ3v) is 6.10. The van der Waals surface area contributed by atoms with Crippen molar-refractivity contribution in [3.05, 3.63) is 95.4 Å². The van der Waals surface area contributed by atoms with Crippen molar-refractivity contribution in [1.29, 1.82) is 0 Å². The number of rotatable bonds is 13. The Morgan fingerprint density at radius 1 is 1.05 bits per heavy atom. The minimum atomic E-state index is -0.905. The number of carboxylic acid groups (broad SMARTS) is 1. The standard InChI is InChI=1S/C30H31N3O6/c1-3-21-9-5-6-10-23(21)27(13-14-29(34)35)39-28-16-22(38-19-20-8-7-15-31-18-20)11-12-24(28)25-17-26(33-32-25)30(36)37-4-2/h5-12,15-18,27H,3-4,13-14,19H2,1-2H3,(H,32,33)(H,34,35). The van der Waals surface area contributed by atoms with Crippen molar-refractivity contribution < 1.29 is 28.9 Å². The summed E-state index contributed by atoms with van der Waals surface area (Å²) in [4.78, 5) is 27.8. The molecular formula is C30H31N3O6. The number of nitrogens with zero attached hydrogens (tertiary/aromatic N) is 2. The third kappa shape index (κ3) is 7.22. The topological polar surface area (TPSA) is 124 Å². The van der Waals surface area contributed by atoms with Crippen LogP contribution in [0.5, 0.6) is 11.5 Å². The van der Waals surface area contributed by atoms with Crippen LogP contribution in [0.4, 0.5) is 0 Å². The molecule has 1 atom stereocenters. The number of aliphatic carboxylic acids is 1. The van der Waals surface area contributed by atoms with Crippen molar-refractivity contribution in [2.24, 2.45) is 0 Å². The van der Waals surface area contributed by atoms with Crippen LogP contribution in [0.2, 0.25) is 0 Å². The lowest BCUT2D eigenvalue weighted by molar-refractivity contribution is -0.137. The van der Waals surface area contributed by atoms with Crippen molar-refractivity contribution in [1.82, 2.24) is 15.2 Å². The number of nitrogens with one attached hydrogen (secondary N) is 1. The lowest BCUT2D eigenvalue weighted by Crippen LogP contribution is -2.13. The lowest BCUT2D eigenvalue weighted by Gasteiger charge is -2.23. The van der Waals surface area contributed by atoms with Gasteiger partial charge in [0.05, 0.1) is 12.3 Å². The number of ether oxygens (including phenoxy) is 3. The second kappa shape index (κ2) is 13.2. The first kappa shape index (κ1) is 27.4. The minimum Gasteiger partial charge on any atom is -0.489 e. The number of esters is 1. The van der Waals surface area contributed by atoms with Gasteiger partial charge in [-0.05, 0) is 55.2 Å². The molecule has 0 saturated carbocycles. The summed E-state index contributed by atoms with van der Waals surface area (Å²) < 4.78 is 17.7. The molecule has 0 fully saturated rings. The van der Waals surface area contributed by atoms with Gasteiger partial charge in [-0.3, -0.25) is 14.9 Å². The fraction of sp³-hybridized carbons (Fsp3) is 0.267. The second-order valence-corrected chi connectivity index (χ2v) is 8.79. The summed E-state index contributed by atoms with van der Waals surface area (Å²) >= 11 is 0. The molecule has 0 radical (unpaired) electrons. The van der Waals surface area contributed by atoms with Crippen LogP contribution in [0.3, 0.4) is 0 Å². The minimum absolute atomic E-state index is 0.0648. The van der Waals surface area contributed by atoms with E-state index in [1.165, 1.54) is 0 Å². The molecule has 39 heavy (non-hydrogen) atoms. The molecule has 4 aromatic rings. The summed E-state index contributed by atoms with van der Waals surface area (Å²) in [5.74, 6) is -0.412. The molecule has 9 heteroatoms. The van der Waals surface area contributed by atoms with Gasteiger partial charge in [-0.2, -0.15) is 5.10 Å². The van der Waals surface area contributed by atoms with Crippen molar-refractivity contribution >= 4 is 11.9 Å². The Morgan fingerprint density at radius 3 is 2.64 bits per heavy atom. The summed E-state index contributed by atoms with van der Waals surface area (Å²) in [6.07, 6.45) is 3.87. The van der Waals surface area contributed by atoms with Crippen LogP contribution in [0.25, 0.3) is 11.3 Å². The molecule has 0 bridgehead atoms. The highest BCUT2D eigenvalue weighted by atomic mass is 16.5. The highest BCUT2D eigenvalue weighted by Crippen LogP contribution is 2.38. The molecule has 9 nitrogen and oxygen atoms in total. The predicted octanol–water partition coefficient (Wildman–Crippen LogP) is 5.77. The Morgan fingerprint density at radius 2 is 1.90 bits per heavy atom. The molecule has 2 heterocycles. The maximum atomic E-state index is 12.2. The zero-order valence-electron chi connectivity index (χ0n) is 21.9. The van der Waals surface area contributed by atoms with Crippen LogP contribution in [0, 0.1) is 0 Å². The normalized spacial score (nSPS) is 11.5. The number of aromatic nitrogens is 3. The van der Waals surface area contributed by atoms with Crippen LogP contribution in [0.1, 0.15) is 60.0 Å². The molecule has 202 valence electrons. The zero-order chi connectivity index (χ0) is 27.6. The summed E-state index contributed by atoms with van der Waals surface area (Å²) in [7, 11) is 0. The largest absolute Gasteiger partial charge is 0.489 e. The van der Waals surface area contributed by atoms with Crippen LogP contribution >= 0.6 is 0 Å². The molecule has 2 aromatic carbocycles. The third-order valence-electron chi connectivity index (χ3n) is 6.10. The van der Waals surface area contributed by atoms with E-state index in [0.717, 1.165) is 23.1 Å². The summed E-state index contributed by atoms with van der Waals surface area (Å²) in [6, 6.07) is 18.6. The van der Waals surface area contributed by atoms with Gasteiger partial charge in [0.2, 0.25) is 0 Å². The number of carboxylic acids is 1. The molecular weight excluding hydrogens is 498 g/mol. The van der Waals surface area contributed by atoms with E-state index in [0.29, 0.717) is 29.4 Å². The number of H-pyrrole nitrogens is 1. The molecule has 4 rings (SSSR count). The molecule has 0 saturated heterocycles. The number of carbonyl (C=O) groups excluding carboxylic acids is 1. The molecule has 2 aromatic heterocycles. The van der Waals surface area contributed by atoms with Crippen LogP contribution in [-0.2, 0) is 22.6 Å². The van der Waals surface area contributed by atoms with Crippen LogP contribution in [0.15, 0.2) is 73.1 Å². The van der Waals surface area contributed by atoms with Gasteiger partial charge in [-0.15, -0.1) is 0 Å². The van der Waals surface area contributed by atoms with Crippen molar-refractivity contribution in [2.45, 2.75) is 45.8 Å². The van der Waals surface area contributed by atoms with Crippen molar-refractivity contribution in [3.8, 4) is 22.8 Å². The van der Waals surface area contributed by atoms with E-state index in [1.807, 2.05) is 43.3 Å². The Labute approximate surface area is 226 Å². The molecule has 0 aliphatic heterocycles. The number of benzene rings is 2. The van der Waals surface area contributed by atoms with Gasteiger partial charge in [0.25, 0.3) is 0 Å². The maximum Gasteiger partial charge on any atom is 0.356 e. The monoisotopic (exact) mass is 529 g/mol. The number of hydrogen-bond acceptors (Lipinski definition) is 7. The fourth-order valence-corrected chi connectivity index (χ4v) is 4.18. The van der Waals surface area contributed by atoms with Crippen LogP contribution in [-0.4, -0.2) is 38.8 Å². The maximum absolute atomic E-state index is 12.2. The van der Waals surface area contributed by atoms with E-state index in [9.17, 15) is 14.7 Å². The highest BCUT2D eigenvalue weighted by Gasteiger charge is 2.22. The van der Waals surface area contributed by atoms with Crippen molar-refractivity contribution in [3.63, 3.8) is 0 Å². The Hall–Kier alpha value is -4.66. The highest BCUT2D eigenvalue weighted by molar-refractivity contribution is 5.89. The van der Waals surface area contributed by atoms with E-state index >= 15 is 0 Å². The Bertz CT molecular complexity index is 1400. The second-order valence-electron chi connectivity index (χ2n) is 8.79. The molecule has 0 spiro atoms. The number of aryl methyl sites for hydroxylation is 1. The summed E-state index contributed by atoms with van der Waals surface area (Å²) in [5, 5.41) is 16.5. The Balaban J connectivity index is 1.71. The van der Waals surface area contributed by atoms with Gasteiger partial charge < -0.3 is 19.3 Å². The van der Waals surface area contributed by atoms with E-state index in [1.54, 1.807) is 43.6 Å². The predicted molar refractivity (Wildman–Crippen MR) is 145 cm³/mol. The molecule has 0 amide bonds. The Kier molecular flexibility index (Phi) is 9.29. The molecule has 2 N–H and O–H groups in total. The first-order valence-electron chi connectivity index (χ1n) is 12.8. The van der Waals surface area contributed by atoms with Gasteiger partial charge in [0.15, 0.2) is 0 Å². The van der Waals surface area contributed by atoms with Gasteiger partial charge >= 0.3 is 11.9 Å². The van der Waals surface area contributed by atoms with E-state index in [4.69, 9.17) is 14.2 Å². The average Bonchev–Trinajstić information content (AvgIpc) is 3.45. The molecule has 0 aliphatic carbocycles. The molecule has 0 aliphatic rings. The zero-order valence-corrected chi connectivity index (χ0v) is 21.9. The van der Waals surface area contributed by atoms with E-state index < -0.39 is 18.0 Å². The van der Waals surface area contributed by atoms with Gasteiger partial charge in [-0.25, -0.2) is 4.79 Å². The summed E-state index contributed by atoms with van der Waals surface area (Å²) in [5.41, 5.74) is 4.21. The van der Waals surface area contributed by atoms with Crippen LogP contribution < -0.4 is 9.47 Å². The average molecular weight is 530 g/mol. The lowest BCUT2D eigenvalue weighted by atomic mass is 9.97. The van der Waals surface area contributed by atoms with Gasteiger partial charge in [0, 0.05) is 36.0 Å². The number of hydrogen-bond donors (Lipinski definition) is 2. The smallest absolute Gasteiger partial charge is 0.356 e.